The van der Waals surface area contributed by atoms with Gasteiger partial charge in [-0.3, -0.25) is 9.59 Å². The molecule has 0 heterocycles. The van der Waals surface area contributed by atoms with E-state index in [1.807, 2.05) is 0 Å². The van der Waals surface area contributed by atoms with Crippen LogP contribution in [0.25, 0.3) is 0 Å². The van der Waals surface area contributed by atoms with E-state index in [9.17, 15) is 14.0 Å². The van der Waals surface area contributed by atoms with Crippen LogP contribution in [0.3, 0.4) is 0 Å². The number of ether oxygens (including phenoxy) is 1. The zero-order chi connectivity index (χ0) is 13.7. The fourth-order valence-corrected chi connectivity index (χ4v) is 1.24. The first kappa shape index (κ1) is 14.4. The van der Waals surface area contributed by atoms with Gasteiger partial charge in [0.25, 0.3) is 5.91 Å². The number of benzene rings is 1. The highest BCUT2D eigenvalue weighted by molar-refractivity contribution is 6.30. The monoisotopic (exact) mass is 273 g/mol. The van der Waals surface area contributed by atoms with E-state index in [-0.39, 0.29) is 16.6 Å². The van der Waals surface area contributed by atoms with Gasteiger partial charge < -0.3 is 10.1 Å². The second-order valence-corrected chi connectivity index (χ2v) is 4.37. The Morgan fingerprint density at radius 3 is 2.67 bits per heavy atom. The Labute approximate surface area is 109 Å². The summed E-state index contributed by atoms with van der Waals surface area (Å²) in [5.74, 6) is -2.05. The highest BCUT2D eigenvalue weighted by Crippen LogP contribution is 2.18. The summed E-state index contributed by atoms with van der Waals surface area (Å²) in [6.45, 7) is 2.86. The maximum absolute atomic E-state index is 13.3. The van der Waals surface area contributed by atoms with Crippen LogP contribution in [0.2, 0.25) is 5.02 Å². The molecule has 0 saturated heterocycles. The van der Waals surface area contributed by atoms with Crippen LogP contribution in [0.15, 0.2) is 18.2 Å². The molecule has 1 aromatic rings. The maximum Gasteiger partial charge on any atom is 0.308 e. The van der Waals surface area contributed by atoms with Crippen LogP contribution in [0.5, 0.6) is 0 Å². The van der Waals surface area contributed by atoms with Crippen molar-refractivity contribution in [2.24, 2.45) is 5.92 Å². The highest BCUT2D eigenvalue weighted by Gasteiger charge is 2.12. The lowest BCUT2D eigenvalue weighted by atomic mass is 10.2. The molecule has 1 N–H and O–H groups in total. The molecular formula is C12H13ClFNO3. The van der Waals surface area contributed by atoms with E-state index in [2.05, 4.69) is 5.32 Å². The highest BCUT2D eigenvalue weighted by atomic mass is 35.5. The van der Waals surface area contributed by atoms with Gasteiger partial charge in [-0.1, -0.05) is 25.4 Å². The SMILES string of the molecule is CC(C)C(=O)OCC(=O)Nc1ccc(Cl)cc1F. The van der Waals surface area contributed by atoms with Crippen molar-refractivity contribution in [3.63, 3.8) is 0 Å². The lowest BCUT2D eigenvalue weighted by molar-refractivity contribution is -0.150. The van der Waals surface area contributed by atoms with Crippen molar-refractivity contribution in [3.05, 3.63) is 29.0 Å². The van der Waals surface area contributed by atoms with E-state index < -0.39 is 24.3 Å². The normalized spacial score (nSPS) is 10.3. The molecule has 0 bridgehead atoms. The molecule has 0 radical (unpaired) electrons. The summed E-state index contributed by atoms with van der Waals surface area (Å²) in [5.41, 5.74) is -0.00926. The lowest BCUT2D eigenvalue weighted by Gasteiger charge is -2.08. The topological polar surface area (TPSA) is 55.4 Å². The molecule has 98 valence electrons. The molecule has 0 aliphatic rings. The predicted octanol–water partition coefficient (Wildman–Crippen LogP) is 2.62. The molecule has 18 heavy (non-hydrogen) atoms. The van der Waals surface area contributed by atoms with Crippen molar-refractivity contribution in [2.45, 2.75) is 13.8 Å². The number of nitrogens with one attached hydrogen (secondary N) is 1. The van der Waals surface area contributed by atoms with Crippen LogP contribution >= 0.6 is 11.6 Å². The Kier molecular flexibility index (Phi) is 5.09. The minimum absolute atomic E-state index is 0.00926. The summed E-state index contributed by atoms with van der Waals surface area (Å²) >= 11 is 5.57. The largest absolute Gasteiger partial charge is 0.455 e. The third-order valence-electron chi connectivity index (χ3n) is 2.02. The van der Waals surface area contributed by atoms with E-state index in [1.54, 1.807) is 13.8 Å². The lowest BCUT2D eigenvalue weighted by Crippen LogP contribution is -2.23. The van der Waals surface area contributed by atoms with E-state index in [4.69, 9.17) is 16.3 Å². The van der Waals surface area contributed by atoms with Gasteiger partial charge in [0.2, 0.25) is 0 Å². The molecule has 4 nitrogen and oxygen atoms in total. The summed E-state index contributed by atoms with van der Waals surface area (Å²) in [6, 6.07) is 3.86. The van der Waals surface area contributed by atoms with Gasteiger partial charge in [0, 0.05) is 5.02 Å². The number of carbonyl (C=O) groups is 2. The first-order valence-electron chi connectivity index (χ1n) is 5.31. The number of halogens is 2. The van der Waals surface area contributed by atoms with Crippen molar-refractivity contribution in [1.29, 1.82) is 0 Å². The summed E-state index contributed by atoms with van der Waals surface area (Å²) in [5, 5.41) is 2.51. The van der Waals surface area contributed by atoms with Crippen molar-refractivity contribution in [2.75, 3.05) is 11.9 Å². The number of hydrogen-bond acceptors (Lipinski definition) is 3. The molecule has 1 aromatic carbocycles. The molecule has 0 aliphatic heterocycles. The van der Waals surface area contributed by atoms with E-state index >= 15 is 0 Å². The minimum atomic E-state index is -0.647. The molecule has 6 heteroatoms. The van der Waals surface area contributed by atoms with Gasteiger partial charge in [-0.2, -0.15) is 0 Å². The minimum Gasteiger partial charge on any atom is -0.455 e. The standard InChI is InChI=1S/C12H13ClFNO3/c1-7(2)12(17)18-6-11(16)15-10-4-3-8(13)5-9(10)14/h3-5,7H,6H2,1-2H3,(H,15,16). The third-order valence-corrected chi connectivity index (χ3v) is 2.26. The van der Waals surface area contributed by atoms with Crippen molar-refractivity contribution in [1.82, 2.24) is 0 Å². The first-order valence-corrected chi connectivity index (χ1v) is 5.69. The average Bonchev–Trinajstić information content (AvgIpc) is 2.29. The number of amides is 1. The van der Waals surface area contributed by atoms with E-state index in [0.29, 0.717) is 0 Å². The summed E-state index contributed by atoms with van der Waals surface area (Å²) in [4.78, 5) is 22.5. The van der Waals surface area contributed by atoms with Gasteiger partial charge >= 0.3 is 5.97 Å². The zero-order valence-electron chi connectivity index (χ0n) is 10.00. The fraction of sp³-hybridized carbons (Fsp3) is 0.333. The summed E-state index contributed by atoms with van der Waals surface area (Å²) < 4.78 is 18.0. The number of carbonyl (C=O) groups excluding carboxylic acids is 2. The second kappa shape index (κ2) is 6.35. The Hall–Kier alpha value is -1.62. The number of hydrogen-bond donors (Lipinski definition) is 1. The van der Waals surface area contributed by atoms with Gasteiger partial charge in [-0.05, 0) is 18.2 Å². The maximum atomic E-state index is 13.3. The molecule has 0 aromatic heterocycles. The smallest absolute Gasteiger partial charge is 0.308 e. The zero-order valence-corrected chi connectivity index (χ0v) is 10.8. The van der Waals surface area contributed by atoms with Crippen LogP contribution in [-0.4, -0.2) is 18.5 Å². The number of rotatable bonds is 4. The second-order valence-electron chi connectivity index (χ2n) is 3.93. The Balaban J connectivity index is 2.52. The van der Waals surface area contributed by atoms with Crippen molar-refractivity contribution >= 4 is 29.2 Å². The number of esters is 1. The molecule has 0 atom stereocenters. The molecular weight excluding hydrogens is 261 g/mol. The Bertz CT molecular complexity index is 463. The van der Waals surface area contributed by atoms with Gasteiger partial charge in [0.1, 0.15) is 5.82 Å². The van der Waals surface area contributed by atoms with E-state index in [1.165, 1.54) is 12.1 Å². The van der Waals surface area contributed by atoms with Crippen molar-refractivity contribution in [3.8, 4) is 0 Å². The molecule has 0 spiro atoms. The molecule has 1 amide bonds. The molecule has 0 aliphatic carbocycles. The van der Waals surface area contributed by atoms with Gasteiger partial charge in [-0.25, -0.2) is 4.39 Å². The molecule has 0 saturated carbocycles. The predicted molar refractivity (Wildman–Crippen MR) is 65.8 cm³/mol. The van der Waals surface area contributed by atoms with Gasteiger partial charge in [0.15, 0.2) is 6.61 Å². The first-order chi connectivity index (χ1) is 8.40. The summed E-state index contributed by atoms with van der Waals surface area (Å²) in [7, 11) is 0. The van der Waals surface area contributed by atoms with Crippen LogP contribution in [0, 0.1) is 11.7 Å². The molecule has 1 rings (SSSR count). The Morgan fingerprint density at radius 1 is 1.44 bits per heavy atom. The van der Waals surface area contributed by atoms with Crippen LogP contribution in [-0.2, 0) is 14.3 Å². The molecule has 0 fully saturated rings. The fourth-order valence-electron chi connectivity index (χ4n) is 1.08. The quantitative estimate of drug-likeness (QED) is 0.858. The molecule has 0 unspecified atom stereocenters. The Morgan fingerprint density at radius 2 is 2.11 bits per heavy atom. The van der Waals surface area contributed by atoms with Crippen LogP contribution < -0.4 is 5.32 Å². The average molecular weight is 274 g/mol. The number of anilines is 1. The van der Waals surface area contributed by atoms with Crippen LogP contribution in [0.4, 0.5) is 10.1 Å². The van der Waals surface area contributed by atoms with Crippen LogP contribution in [0.1, 0.15) is 13.8 Å². The van der Waals surface area contributed by atoms with E-state index in [0.717, 1.165) is 6.07 Å². The van der Waals surface area contributed by atoms with Gasteiger partial charge in [-0.15, -0.1) is 0 Å². The summed E-state index contributed by atoms with van der Waals surface area (Å²) in [6.07, 6.45) is 0. The van der Waals surface area contributed by atoms with Gasteiger partial charge in [0.05, 0.1) is 11.6 Å². The third kappa shape index (κ3) is 4.33. The van der Waals surface area contributed by atoms with Crippen molar-refractivity contribution < 1.29 is 18.7 Å².